The molecule has 6 nitrogen and oxygen atoms in total. The number of carbonyl (C=O) groups excluding carboxylic acids is 1. The van der Waals surface area contributed by atoms with Gasteiger partial charge < -0.3 is 15.2 Å². The largest absolute Gasteiger partial charge is 0.495 e. The van der Waals surface area contributed by atoms with E-state index in [0.717, 1.165) is 38.1 Å². The Labute approximate surface area is 186 Å². The minimum absolute atomic E-state index is 0.131. The summed E-state index contributed by atoms with van der Waals surface area (Å²) >= 11 is 0. The molecule has 0 bridgehead atoms. The molecule has 2 N–H and O–H groups in total. The number of nitrogens with two attached hydrogens (primary N) is 1. The Hall–Kier alpha value is -2.71. The van der Waals surface area contributed by atoms with Crippen molar-refractivity contribution in [3.05, 3.63) is 53.6 Å². The molecule has 2 aromatic carbocycles. The van der Waals surface area contributed by atoms with Gasteiger partial charge in [-0.2, -0.15) is 0 Å². The molecule has 0 aromatic heterocycles. The first-order chi connectivity index (χ1) is 15.4. The van der Waals surface area contributed by atoms with Crippen LogP contribution in [0.3, 0.4) is 0 Å². The summed E-state index contributed by atoms with van der Waals surface area (Å²) in [6.07, 6.45) is 4.42. The normalized spacial score (nSPS) is 19.5. The minimum Gasteiger partial charge on any atom is -0.495 e. The van der Waals surface area contributed by atoms with Gasteiger partial charge in [0.2, 0.25) is 5.78 Å². The van der Waals surface area contributed by atoms with Gasteiger partial charge in [-0.25, -0.2) is 18.8 Å². The SMILES string of the molecule is COc1cc(C(=O)C2(Oc3ccc(F)c(F)c3)CCN(N3CCCCC3)CC2)ccc1N. The average Bonchev–Trinajstić information content (AvgIpc) is 2.82. The Balaban J connectivity index is 1.62. The van der Waals surface area contributed by atoms with Crippen LogP contribution >= 0.6 is 0 Å². The number of carbonyl (C=O) groups is 1. The molecule has 2 aliphatic heterocycles. The van der Waals surface area contributed by atoms with Gasteiger partial charge in [-0.3, -0.25) is 4.79 Å². The molecule has 0 aliphatic carbocycles. The molecule has 8 heteroatoms. The van der Waals surface area contributed by atoms with Gasteiger partial charge in [0.25, 0.3) is 0 Å². The van der Waals surface area contributed by atoms with Gasteiger partial charge in [-0.15, -0.1) is 0 Å². The molecular weight excluding hydrogens is 416 g/mol. The topological polar surface area (TPSA) is 68.0 Å². The first-order valence-corrected chi connectivity index (χ1v) is 11.0. The predicted octanol–water partition coefficient (Wildman–Crippen LogP) is 4.05. The number of nitrogen functional groups attached to an aromatic ring is 1. The van der Waals surface area contributed by atoms with Crippen LogP contribution in [0.2, 0.25) is 0 Å². The van der Waals surface area contributed by atoms with Gasteiger partial charge in [-0.05, 0) is 43.2 Å². The summed E-state index contributed by atoms with van der Waals surface area (Å²) in [6, 6.07) is 8.23. The van der Waals surface area contributed by atoms with Crippen molar-refractivity contribution in [3.8, 4) is 11.5 Å². The van der Waals surface area contributed by atoms with Crippen LogP contribution in [0.4, 0.5) is 14.5 Å². The molecule has 172 valence electrons. The van der Waals surface area contributed by atoms with Gasteiger partial charge in [0, 0.05) is 50.7 Å². The zero-order valence-corrected chi connectivity index (χ0v) is 18.3. The summed E-state index contributed by atoms with van der Waals surface area (Å²) < 4.78 is 38.7. The van der Waals surface area contributed by atoms with Crippen LogP contribution in [-0.4, -0.2) is 54.7 Å². The zero-order valence-electron chi connectivity index (χ0n) is 18.3. The summed E-state index contributed by atoms with van der Waals surface area (Å²) in [5.41, 5.74) is 5.55. The van der Waals surface area contributed by atoms with E-state index in [9.17, 15) is 13.6 Å². The van der Waals surface area contributed by atoms with Crippen LogP contribution in [0.5, 0.6) is 11.5 Å². The number of ether oxygens (including phenoxy) is 2. The lowest BCUT2D eigenvalue weighted by molar-refractivity contribution is -0.0874. The molecule has 2 heterocycles. The number of nitrogens with zero attached hydrogens (tertiary/aromatic N) is 2. The maximum atomic E-state index is 13.8. The lowest BCUT2D eigenvalue weighted by atomic mass is 9.83. The Morgan fingerprint density at radius 1 is 0.938 bits per heavy atom. The third kappa shape index (κ3) is 4.56. The van der Waals surface area contributed by atoms with E-state index in [4.69, 9.17) is 15.2 Å². The zero-order chi connectivity index (χ0) is 22.7. The molecule has 2 fully saturated rings. The number of hydrogen-bond donors (Lipinski definition) is 1. The summed E-state index contributed by atoms with van der Waals surface area (Å²) in [4.78, 5) is 13.7. The van der Waals surface area contributed by atoms with Crippen LogP contribution in [0.15, 0.2) is 36.4 Å². The van der Waals surface area contributed by atoms with Crippen LogP contribution < -0.4 is 15.2 Å². The first kappa shape index (κ1) is 22.5. The van der Waals surface area contributed by atoms with Crippen molar-refractivity contribution in [2.24, 2.45) is 0 Å². The number of hydrazine groups is 1. The smallest absolute Gasteiger partial charge is 0.206 e. The van der Waals surface area contributed by atoms with E-state index in [1.165, 1.54) is 19.6 Å². The molecule has 32 heavy (non-hydrogen) atoms. The standard InChI is InChI=1S/C24H29F2N3O3/c1-31-22-15-17(5-8-21(22)27)23(30)24(32-18-6-7-19(25)20(26)16-18)9-13-29(14-10-24)28-11-3-2-4-12-28/h5-8,15-16H,2-4,9-14,27H2,1H3. The van der Waals surface area contributed by atoms with Crippen LogP contribution in [-0.2, 0) is 0 Å². The van der Waals surface area contributed by atoms with Crippen molar-refractivity contribution in [2.75, 3.05) is 39.0 Å². The van der Waals surface area contributed by atoms with E-state index in [0.29, 0.717) is 42.9 Å². The highest BCUT2D eigenvalue weighted by Crippen LogP contribution is 2.35. The van der Waals surface area contributed by atoms with Crippen molar-refractivity contribution in [1.82, 2.24) is 10.0 Å². The van der Waals surface area contributed by atoms with Gasteiger partial charge in [0.05, 0.1) is 12.8 Å². The van der Waals surface area contributed by atoms with Crippen LogP contribution in [0, 0.1) is 11.6 Å². The van der Waals surface area contributed by atoms with Crippen molar-refractivity contribution in [1.29, 1.82) is 0 Å². The number of hydrogen-bond acceptors (Lipinski definition) is 6. The van der Waals surface area contributed by atoms with Crippen molar-refractivity contribution in [2.45, 2.75) is 37.7 Å². The molecular formula is C24H29F2N3O3. The molecule has 0 atom stereocenters. The lowest BCUT2D eigenvalue weighted by Crippen LogP contribution is -2.57. The van der Waals surface area contributed by atoms with E-state index in [2.05, 4.69) is 10.0 Å². The molecule has 0 spiro atoms. The highest BCUT2D eigenvalue weighted by molar-refractivity contribution is 6.03. The molecule has 0 saturated carbocycles. The Kier molecular flexibility index (Phi) is 6.62. The van der Waals surface area contributed by atoms with Crippen molar-refractivity contribution >= 4 is 11.5 Å². The maximum Gasteiger partial charge on any atom is 0.206 e. The second kappa shape index (κ2) is 9.42. The maximum absolute atomic E-state index is 13.8. The number of ketones is 1. The summed E-state index contributed by atoms with van der Waals surface area (Å²) in [6.45, 7) is 3.31. The van der Waals surface area contributed by atoms with Gasteiger partial charge in [0.15, 0.2) is 17.2 Å². The highest BCUT2D eigenvalue weighted by Gasteiger charge is 2.45. The van der Waals surface area contributed by atoms with Crippen LogP contribution in [0.1, 0.15) is 42.5 Å². The quantitative estimate of drug-likeness (QED) is 0.535. The fourth-order valence-corrected chi connectivity index (χ4v) is 4.56. The van der Waals surface area contributed by atoms with Crippen molar-refractivity contribution in [3.63, 3.8) is 0 Å². The van der Waals surface area contributed by atoms with E-state index >= 15 is 0 Å². The number of piperidine rings is 2. The molecule has 0 unspecified atom stereocenters. The third-order valence-electron chi connectivity index (χ3n) is 6.39. The minimum atomic E-state index is -1.20. The van der Waals surface area contributed by atoms with Gasteiger partial charge in [0.1, 0.15) is 11.5 Å². The highest BCUT2D eigenvalue weighted by atomic mass is 19.2. The van der Waals surface area contributed by atoms with Crippen LogP contribution in [0.25, 0.3) is 0 Å². The summed E-state index contributed by atoms with van der Waals surface area (Å²) in [7, 11) is 1.49. The molecule has 0 radical (unpaired) electrons. The molecule has 4 rings (SSSR count). The lowest BCUT2D eigenvalue weighted by Gasteiger charge is -2.45. The fourth-order valence-electron chi connectivity index (χ4n) is 4.56. The van der Waals surface area contributed by atoms with E-state index in [1.807, 2.05) is 0 Å². The van der Waals surface area contributed by atoms with E-state index in [1.54, 1.807) is 18.2 Å². The Morgan fingerprint density at radius 2 is 1.62 bits per heavy atom. The number of halogens is 2. The number of Topliss-reactive ketones (excluding diaryl/α,β-unsaturated/α-hetero) is 1. The Morgan fingerprint density at radius 3 is 2.28 bits per heavy atom. The first-order valence-electron chi connectivity index (χ1n) is 11.0. The summed E-state index contributed by atoms with van der Waals surface area (Å²) in [5.74, 6) is -1.65. The van der Waals surface area contributed by atoms with Gasteiger partial charge >= 0.3 is 0 Å². The predicted molar refractivity (Wildman–Crippen MR) is 118 cm³/mol. The number of rotatable bonds is 6. The fraction of sp³-hybridized carbons (Fsp3) is 0.458. The number of methoxy groups -OCH3 is 1. The van der Waals surface area contributed by atoms with Gasteiger partial charge in [-0.1, -0.05) is 6.42 Å². The third-order valence-corrected chi connectivity index (χ3v) is 6.39. The average molecular weight is 446 g/mol. The second-order valence-corrected chi connectivity index (χ2v) is 8.43. The molecule has 2 saturated heterocycles. The molecule has 2 aliphatic rings. The van der Waals surface area contributed by atoms with E-state index in [-0.39, 0.29) is 11.5 Å². The summed E-state index contributed by atoms with van der Waals surface area (Å²) in [5, 5.41) is 4.63. The number of benzene rings is 2. The van der Waals surface area contributed by atoms with Crippen molar-refractivity contribution < 1.29 is 23.0 Å². The Bertz CT molecular complexity index is 971. The molecule has 2 aromatic rings. The number of anilines is 1. The molecule has 0 amide bonds. The second-order valence-electron chi connectivity index (χ2n) is 8.43. The monoisotopic (exact) mass is 445 g/mol. The van der Waals surface area contributed by atoms with E-state index < -0.39 is 17.2 Å².